The predicted molar refractivity (Wildman–Crippen MR) is 84.3 cm³/mol. The molecule has 3 nitrogen and oxygen atoms in total. The second kappa shape index (κ2) is 4.64. The van der Waals surface area contributed by atoms with Crippen molar-refractivity contribution in [3.63, 3.8) is 0 Å². The smallest absolute Gasteiger partial charge is 0.120 e. The molecule has 0 amide bonds. The average Bonchev–Trinajstić information content (AvgIpc) is 2.88. The molecule has 3 N–H and O–H groups in total. The largest absolute Gasteiger partial charge is 0.508 e. The summed E-state index contributed by atoms with van der Waals surface area (Å²) in [6.45, 7) is 9.21. The molecular formula is C18H27NO2. The standard InChI is InChI=1S/C18H27NO2/c1-11(14-9-13(20)5-6-15(14)21)19-16-17(2,3)12-7-8-18(16,4)10-12/h5-6,9,11-12,16,19-21H,7-8,10H2,1-4H3. The third kappa shape index (κ3) is 2.22. The number of benzene rings is 1. The van der Waals surface area contributed by atoms with E-state index >= 15 is 0 Å². The molecule has 4 atom stereocenters. The van der Waals surface area contributed by atoms with Gasteiger partial charge in [-0.3, -0.25) is 0 Å². The first-order valence-corrected chi connectivity index (χ1v) is 8.02. The van der Waals surface area contributed by atoms with E-state index in [1.807, 2.05) is 0 Å². The molecule has 1 aromatic rings. The Kier molecular flexibility index (Phi) is 3.25. The monoisotopic (exact) mass is 289 g/mol. The van der Waals surface area contributed by atoms with Crippen molar-refractivity contribution >= 4 is 0 Å². The van der Waals surface area contributed by atoms with Crippen LogP contribution in [0.15, 0.2) is 18.2 Å². The van der Waals surface area contributed by atoms with Crippen LogP contribution >= 0.6 is 0 Å². The van der Waals surface area contributed by atoms with Gasteiger partial charge in [0.05, 0.1) is 0 Å². The third-order valence-electron chi connectivity index (χ3n) is 6.16. The van der Waals surface area contributed by atoms with Gasteiger partial charge in [-0.15, -0.1) is 0 Å². The third-order valence-corrected chi connectivity index (χ3v) is 6.16. The highest BCUT2D eigenvalue weighted by Gasteiger charge is 2.59. The maximum absolute atomic E-state index is 10.1. The molecule has 0 radical (unpaired) electrons. The zero-order valence-electron chi connectivity index (χ0n) is 13.5. The van der Waals surface area contributed by atoms with Crippen molar-refractivity contribution in [2.75, 3.05) is 0 Å². The van der Waals surface area contributed by atoms with E-state index in [0.29, 0.717) is 11.5 Å². The minimum atomic E-state index is 0.0255. The van der Waals surface area contributed by atoms with Crippen LogP contribution < -0.4 is 5.32 Å². The van der Waals surface area contributed by atoms with Gasteiger partial charge in [0.1, 0.15) is 11.5 Å². The summed E-state index contributed by atoms with van der Waals surface area (Å²) < 4.78 is 0. The van der Waals surface area contributed by atoms with Crippen LogP contribution in [0.25, 0.3) is 0 Å². The van der Waals surface area contributed by atoms with Crippen LogP contribution in [-0.4, -0.2) is 16.3 Å². The highest BCUT2D eigenvalue weighted by molar-refractivity contribution is 5.40. The van der Waals surface area contributed by atoms with Crippen molar-refractivity contribution in [1.82, 2.24) is 5.32 Å². The molecule has 3 rings (SSSR count). The van der Waals surface area contributed by atoms with Crippen LogP contribution in [0.5, 0.6) is 11.5 Å². The highest BCUT2D eigenvalue weighted by Crippen LogP contribution is 2.62. The summed E-state index contributed by atoms with van der Waals surface area (Å²) in [4.78, 5) is 0. The topological polar surface area (TPSA) is 52.5 Å². The van der Waals surface area contributed by atoms with Gasteiger partial charge in [0.15, 0.2) is 0 Å². The number of nitrogens with one attached hydrogen (secondary N) is 1. The van der Waals surface area contributed by atoms with Crippen molar-refractivity contribution < 1.29 is 10.2 Å². The summed E-state index contributed by atoms with van der Waals surface area (Å²) >= 11 is 0. The van der Waals surface area contributed by atoms with Crippen LogP contribution in [-0.2, 0) is 0 Å². The van der Waals surface area contributed by atoms with E-state index in [4.69, 9.17) is 0 Å². The maximum atomic E-state index is 10.1. The van der Waals surface area contributed by atoms with Gasteiger partial charge in [0.2, 0.25) is 0 Å². The van der Waals surface area contributed by atoms with Gasteiger partial charge < -0.3 is 15.5 Å². The Hall–Kier alpha value is -1.22. The summed E-state index contributed by atoms with van der Waals surface area (Å²) in [7, 11) is 0. The van der Waals surface area contributed by atoms with Crippen molar-refractivity contribution in [1.29, 1.82) is 0 Å². The Morgan fingerprint density at radius 1 is 1.24 bits per heavy atom. The SMILES string of the molecule is CC(NC1C2(C)CCC(C2)C1(C)C)c1cc(O)ccc1O. The van der Waals surface area contributed by atoms with Crippen molar-refractivity contribution in [3.05, 3.63) is 23.8 Å². The molecule has 0 saturated heterocycles. The molecule has 0 heterocycles. The highest BCUT2D eigenvalue weighted by atomic mass is 16.3. The zero-order valence-corrected chi connectivity index (χ0v) is 13.5. The van der Waals surface area contributed by atoms with Gasteiger partial charge in [-0.1, -0.05) is 20.8 Å². The van der Waals surface area contributed by atoms with Crippen LogP contribution in [0.2, 0.25) is 0 Å². The summed E-state index contributed by atoms with van der Waals surface area (Å²) in [6, 6.07) is 5.22. The zero-order chi connectivity index (χ0) is 15.4. The van der Waals surface area contributed by atoms with Gasteiger partial charge >= 0.3 is 0 Å². The van der Waals surface area contributed by atoms with Crippen molar-refractivity contribution in [2.45, 2.75) is 59.0 Å². The van der Waals surface area contributed by atoms with Gasteiger partial charge in [-0.25, -0.2) is 0 Å². The summed E-state index contributed by atoms with van der Waals surface area (Å²) in [5.41, 5.74) is 1.42. The lowest BCUT2D eigenvalue weighted by atomic mass is 9.68. The molecule has 2 aliphatic rings. The lowest BCUT2D eigenvalue weighted by molar-refractivity contribution is 0.0999. The normalized spacial score (nSPS) is 35.0. The van der Waals surface area contributed by atoms with Gasteiger partial charge in [-0.05, 0) is 61.1 Å². The van der Waals surface area contributed by atoms with Crippen LogP contribution in [0.1, 0.15) is 58.6 Å². The summed E-state index contributed by atoms with van der Waals surface area (Å²) in [5.74, 6) is 1.25. The first kappa shape index (κ1) is 14.7. The number of rotatable bonds is 3. The molecular weight excluding hydrogens is 262 g/mol. The molecule has 0 spiro atoms. The number of fused-ring (bicyclic) bond motifs is 2. The van der Waals surface area contributed by atoms with E-state index in [2.05, 4.69) is 33.0 Å². The predicted octanol–water partition coefficient (Wildman–Crippen LogP) is 3.96. The average molecular weight is 289 g/mol. The molecule has 1 aromatic carbocycles. The van der Waals surface area contributed by atoms with Crippen molar-refractivity contribution in [3.8, 4) is 11.5 Å². The quantitative estimate of drug-likeness (QED) is 0.738. The fourth-order valence-electron chi connectivity index (χ4n) is 4.95. The van der Waals surface area contributed by atoms with Crippen molar-refractivity contribution in [2.24, 2.45) is 16.7 Å². The number of aromatic hydroxyl groups is 2. The van der Waals surface area contributed by atoms with Crippen LogP contribution in [0, 0.1) is 16.7 Å². The Labute approximate surface area is 127 Å². The van der Waals surface area contributed by atoms with Gasteiger partial charge in [0, 0.05) is 17.6 Å². The van der Waals surface area contributed by atoms with E-state index in [1.54, 1.807) is 12.1 Å². The molecule has 0 aromatic heterocycles. The molecule has 116 valence electrons. The molecule has 2 aliphatic carbocycles. The molecule has 21 heavy (non-hydrogen) atoms. The Bertz CT molecular complexity index is 549. The van der Waals surface area contributed by atoms with E-state index in [0.717, 1.165) is 11.5 Å². The van der Waals surface area contributed by atoms with Gasteiger partial charge in [0.25, 0.3) is 0 Å². The molecule has 4 unspecified atom stereocenters. The number of hydrogen-bond donors (Lipinski definition) is 3. The molecule has 2 saturated carbocycles. The van der Waals surface area contributed by atoms with E-state index in [9.17, 15) is 10.2 Å². The molecule has 0 aliphatic heterocycles. The second-order valence-electron chi connectivity index (χ2n) is 7.98. The lowest BCUT2D eigenvalue weighted by Crippen LogP contribution is -2.50. The fraction of sp³-hybridized carbons (Fsp3) is 0.667. The second-order valence-corrected chi connectivity index (χ2v) is 7.98. The lowest BCUT2D eigenvalue weighted by Gasteiger charge is -2.44. The number of hydrogen-bond acceptors (Lipinski definition) is 3. The first-order chi connectivity index (χ1) is 9.74. The minimum Gasteiger partial charge on any atom is -0.508 e. The Balaban J connectivity index is 1.84. The first-order valence-electron chi connectivity index (χ1n) is 8.02. The van der Waals surface area contributed by atoms with E-state index in [-0.39, 0.29) is 23.0 Å². The molecule has 2 fully saturated rings. The van der Waals surface area contributed by atoms with Gasteiger partial charge in [-0.2, -0.15) is 0 Å². The van der Waals surface area contributed by atoms with Crippen LogP contribution in [0.3, 0.4) is 0 Å². The molecule has 3 heteroatoms. The molecule has 2 bridgehead atoms. The Morgan fingerprint density at radius 3 is 2.57 bits per heavy atom. The Morgan fingerprint density at radius 2 is 1.95 bits per heavy atom. The number of phenols is 2. The maximum Gasteiger partial charge on any atom is 0.120 e. The summed E-state index contributed by atoms with van der Waals surface area (Å²) in [5, 5.41) is 23.5. The van der Waals surface area contributed by atoms with Crippen LogP contribution in [0.4, 0.5) is 0 Å². The minimum absolute atomic E-state index is 0.0255. The summed E-state index contributed by atoms with van der Waals surface area (Å²) in [6.07, 6.45) is 3.93. The van der Waals surface area contributed by atoms with E-state index < -0.39 is 0 Å². The number of phenolic OH excluding ortho intramolecular Hbond substituents is 2. The fourth-order valence-corrected chi connectivity index (χ4v) is 4.95. The van der Waals surface area contributed by atoms with E-state index in [1.165, 1.54) is 25.3 Å².